The van der Waals surface area contributed by atoms with Crippen LogP contribution >= 0.6 is 0 Å². The highest BCUT2D eigenvalue weighted by Crippen LogP contribution is 2.36. The Morgan fingerprint density at radius 2 is 2.00 bits per heavy atom. The third kappa shape index (κ3) is 4.20. The van der Waals surface area contributed by atoms with E-state index < -0.39 is 0 Å². The van der Waals surface area contributed by atoms with Gasteiger partial charge in [0.25, 0.3) is 0 Å². The number of hydrogen-bond acceptors (Lipinski definition) is 3. The predicted octanol–water partition coefficient (Wildman–Crippen LogP) is 4.66. The SMILES string of the molecule is CCC1OCC(C)C(CN(C)C(C)c2ccccc2)/C1=C(/C)OC. The van der Waals surface area contributed by atoms with Gasteiger partial charge < -0.3 is 9.47 Å². The number of ether oxygens (including phenoxy) is 2. The van der Waals surface area contributed by atoms with Gasteiger partial charge in [-0.05, 0) is 38.8 Å². The molecule has 134 valence electrons. The zero-order chi connectivity index (χ0) is 17.7. The van der Waals surface area contributed by atoms with E-state index in [2.05, 4.69) is 70.0 Å². The van der Waals surface area contributed by atoms with Crippen LogP contribution in [0.25, 0.3) is 0 Å². The van der Waals surface area contributed by atoms with E-state index in [1.807, 2.05) is 0 Å². The Morgan fingerprint density at radius 3 is 2.58 bits per heavy atom. The maximum atomic E-state index is 6.08. The van der Waals surface area contributed by atoms with Gasteiger partial charge in [-0.25, -0.2) is 0 Å². The van der Waals surface area contributed by atoms with Crippen LogP contribution in [0.1, 0.15) is 45.7 Å². The van der Waals surface area contributed by atoms with Gasteiger partial charge in [0, 0.05) is 24.1 Å². The minimum absolute atomic E-state index is 0.187. The molecule has 1 fully saturated rings. The van der Waals surface area contributed by atoms with E-state index in [9.17, 15) is 0 Å². The third-order valence-corrected chi connectivity index (χ3v) is 5.50. The highest BCUT2D eigenvalue weighted by atomic mass is 16.5. The molecule has 3 heteroatoms. The summed E-state index contributed by atoms with van der Waals surface area (Å²) in [5.41, 5.74) is 2.71. The summed E-state index contributed by atoms with van der Waals surface area (Å²) in [5, 5.41) is 0. The van der Waals surface area contributed by atoms with Gasteiger partial charge in [-0.15, -0.1) is 0 Å². The van der Waals surface area contributed by atoms with E-state index in [-0.39, 0.29) is 6.10 Å². The topological polar surface area (TPSA) is 21.7 Å². The van der Waals surface area contributed by atoms with Gasteiger partial charge in [0.15, 0.2) is 0 Å². The molecule has 1 aromatic carbocycles. The smallest absolute Gasteiger partial charge is 0.0945 e. The molecule has 0 saturated carbocycles. The Labute approximate surface area is 147 Å². The molecule has 4 unspecified atom stereocenters. The fourth-order valence-electron chi connectivity index (χ4n) is 3.70. The number of nitrogens with zero attached hydrogens (tertiary/aromatic N) is 1. The highest BCUT2D eigenvalue weighted by molar-refractivity contribution is 5.21. The lowest BCUT2D eigenvalue weighted by Gasteiger charge is -2.40. The predicted molar refractivity (Wildman–Crippen MR) is 99.9 cm³/mol. The van der Waals surface area contributed by atoms with Crippen LogP contribution in [0.2, 0.25) is 0 Å². The summed E-state index contributed by atoms with van der Waals surface area (Å²) in [5.74, 6) is 2.00. The molecule has 2 rings (SSSR count). The largest absolute Gasteiger partial charge is 0.501 e. The molecular formula is C21H33NO2. The average molecular weight is 332 g/mol. The lowest BCUT2D eigenvalue weighted by Crippen LogP contribution is -2.41. The van der Waals surface area contributed by atoms with Crippen molar-refractivity contribution in [2.75, 3.05) is 27.3 Å². The Balaban J connectivity index is 2.20. The summed E-state index contributed by atoms with van der Waals surface area (Å²) in [7, 11) is 3.99. The first-order valence-corrected chi connectivity index (χ1v) is 9.10. The second-order valence-electron chi connectivity index (χ2n) is 7.06. The number of rotatable bonds is 6. The maximum Gasteiger partial charge on any atom is 0.0945 e. The molecule has 0 N–H and O–H groups in total. The second kappa shape index (κ2) is 8.68. The summed E-state index contributed by atoms with van der Waals surface area (Å²) in [6.45, 7) is 10.7. The summed E-state index contributed by atoms with van der Waals surface area (Å²) < 4.78 is 11.7. The maximum absolute atomic E-state index is 6.08. The summed E-state index contributed by atoms with van der Waals surface area (Å²) in [6.07, 6.45) is 1.18. The number of allylic oxidation sites excluding steroid dienone is 1. The van der Waals surface area contributed by atoms with E-state index in [4.69, 9.17) is 9.47 Å². The molecule has 1 saturated heterocycles. The van der Waals surface area contributed by atoms with Crippen LogP contribution < -0.4 is 0 Å². The average Bonchev–Trinajstić information content (AvgIpc) is 2.62. The summed E-state index contributed by atoms with van der Waals surface area (Å²) in [4.78, 5) is 2.46. The van der Waals surface area contributed by atoms with Crippen LogP contribution in [-0.4, -0.2) is 38.3 Å². The standard InChI is InChI=1S/C21H33NO2/c1-7-20-21(17(4)23-6)19(15(2)14-24-20)13-22(5)16(3)18-11-9-8-10-12-18/h8-12,15-16,19-20H,7,13-14H2,1-6H3/b21-17+. The molecule has 0 bridgehead atoms. The van der Waals surface area contributed by atoms with Crippen molar-refractivity contribution >= 4 is 0 Å². The van der Waals surface area contributed by atoms with Crippen LogP contribution in [0.3, 0.4) is 0 Å². The van der Waals surface area contributed by atoms with Crippen molar-refractivity contribution in [1.82, 2.24) is 4.90 Å². The third-order valence-electron chi connectivity index (χ3n) is 5.50. The molecule has 0 amide bonds. The zero-order valence-corrected chi connectivity index (χ0v) is 16.1. The van der Waals surface area contributed by atoms with Crippen molar-refractivity contribution in [2.45, 2.75) is 46.3 Å². The summed E-state index contributed by atoms with van der Waals surface area (Å²) in [6, 6.07) is 11.1. The van der Waals surface area contributed by atoms with E-state index in [0.29, 0.717) is 17.9 Å². The quantitative estimate of drug-likeness (QED) is 0.708. The van der Waals surface area contributed by atoms with Gasteiger partial charge >= 0.3 is 0 Å². The molecule has 1 aliphatic rings. The molecule has 0 aromatic heterocycles. The van der Waals surface area contributed by atoms with Crippen LogP contribution in [-0.2, 0) is 9.47 Å². The minimum atomic E-state index is 0.187. The van der Waals surface area contributed by atoms with Gasteiger partial charge in [0.1, 0.15) is 0 Å². The number of benzene rings is 1. The molecule has 0 radical (unpaired) electrons. The first-order chi connectivity index (χ1) is 11.5. The molecule has 24 heavy (non-hydrogen) atoms. The molecule has 1 heterocycles. The van der Waals surface area contributed by atoms with E-state index in [0.717, 1.165) is 25.3 Å². The fraction of sp³-hybridized carbons (Fsp3) is 0.619. The minimum Gasteiger partial charge on any atom is -0.501 e. The van der Waals surface area contributed by atoms with Gasteiger partial charge in [0.05, 0.1) is 25.6 Å². The molecule has 1 aromatic rings. The normalized spacial score (nSPS) is 27.9. The Kier molecular flexibility index (Phi) is 6.88. The van der Waals surface area contributed by atoms with Crippen molar-refractivity contribution in [3.05, 3.63) is 47.2 Å². The highest BCUT2D eigenvalue weighted by Gasteiger charge is 2.35. The van der Waals surface area contributed by atoms with E-state index in [1.54, 1.807) is 7.11 Å². The first-order valence-electron chi connectivity index (χ1n) is 9.10. The van der Waals surface area contributed by atoms with E-state index >= 15 is 0 Å². The van der Waals surface area contributed by atoms with Gasteiger partial charge in [-0.2, -0.15) is 0 Å². The monoisotopic (exact) mass is 331 g/mol. The van der Waals surface area contributed by atoms with Gasteiger partial charge in [-0.1, -0.05) is 44.2 Å². The lowest BCUT2D eigenvalue weighted by atomic mass is 9.80. The van der Waals surface area contributed by atoms with Crippen molar-refractivity contribution in [2.24, 2.45) is 11.8 Å². The van der Waals surface area contributed by atoms with Gasteiger partial charge in [-0.3, -0.25) is 4.90 Å². The molecular weight excluding hydrogens is 298 g/mol. The molecule has 0 aliphatic carbocycles. The number of methoxy groups -OCH3 is 1. The number of hydrogen-bond donors (Lipinski definition) is 0. The molecule has 0 spiro atoms. The van der Waals surface area contributed by atoms with Crippen molar-refractivity contribution in [3.63, 3.8) is 0 Å². The van der Waals surface area contributed by atoms with Crippen molar-refractivity contribution in [3.8, 4) is 0 Å². The molecule has 1 aliphatic heterocycles. The lowest BCUT2D eigenvalue weighted by molar-refractivity contribution is -0.0123. The molecule has 4 atom stereocenters. The zero-order valence-electron chi connectivity index (χ0n) is 16.1. The Bertz CT molecular complexity index is 540. The van der Waals surface area contributed by atoms with Crippen LogP contribution in [0.5, 0.6) is 0 Å². The first kappa shape index (κ1) is 19.0. The molecule has 3 nitrogen and oxygen atoms in total. The van der Waals surface area contributed by atoms with Crippen LogP contribution in [0.4, 0.5) is 0 Å². The fourth-order valence-corrected chi connectivity index (χ4v) is 3.70. The van der Waals surface area contributed by atoms with Crippen LogP contribution in [0.15, 0.2) is 41.7 Å². The second-order valence-corrected chi connectivity index (χ2v) is 7.06. The Hall–Kier alpha value is -1.32. The van der Waals surface area contributed by atoms with Crippen LogP contribution in [0, 0.1) is 11.8 Å². The van der Waals surface area contributed by atoms with E-state index in [1.165, 1.54) is 11.1 Å². The summed E-state index contributed by atoms with van der Waals surface area (Å²) >= 11 is 0. The Morgan fingerprint density at radius 1 is 1.33 bits per heavy atom. The van der Waals surface area contributed by atoms with Crippen molar-refractivity contribution in [1.29, 1.82) is 0 Å². The van der Waals surface area contributed by atoms with Crippen molar-refractivity contribution < 1.29 is 9.47 Å². The van der Waals surface area contributed by atoms with Gasteiger partial charge in [0.2, 0.25) is 0 Å².